The van der Waals surface area contributed by atoms with Crippen LogP contribution in [0.5, 0.6) is 0 Å². The van der Waals surface area contributed by atoms with Crippen LogP contribution < -0.4 is 10.5 Å². The molecule has 0 aliphatic carbocycles. The zero-order valence-corrected chi connectivity index (χ0v) is 17.0. The molecule has 0 fully saturated rings. The van der Waals surface area contributed by atoms with Gasteiger partial charge in [-0.2, -0.15) is 0 Å². The van der Waals surface area contributed by atoms with Crippen LogP contribution in [0.4, 0.5) is 5.13 Å². The molecule has 2 aromatic rings. The Labute approximate surface area is 167 Å². The van der Waals surface area contributed by atoms with Crippen molar-refractivity contribution in [3.8, 4) is 0 Å². The molecule has 1 heterocycles. The van der Waals surface area contributed by atoms with Gasteiger partial charge >= 0.3 is 5.97 Å². The van der Waals surface area contributed by atoms with Crippen molar-refractivity contribution in [2.75, 3.05) is 11.3 Å². The summed E-state index contributed by atoms with van der Waals surface area (Å²) >= 11 is 7.28. The molecule has 1 unspecified atom stereocenters. The van der Waals surface area contributed by atoms with Gasteiger partial charge in [0.25, 0.3) is 0 Å². The van der Waals surface area contributed by atoms with Crippen molar-refractivity contribution in [1.29, 1.82) is 0 Å². The van der Waals surface area contributed by atoms with Crippen LogP contribution in [0.3, 0.4) is 0 Å². The lowest BCUT2D eigenvalue weighted by Gasteiger charge is -2.18. The summed E-state index contributed by atoms with van der Waals surface area (Å²) in [7, 11) is -3.87. The van der Waals surface area contributed by atoms with Gasteiger partial charge in [-0.25, -0.2) is 13.4 Å². The monoisotopic (exact) mass is 429 g/mol. The van der Waals surface area contributed by atoms with Gasteiger partial charge in [-0.1, -0.05) is 29.8 Å². The Bertz CT molecular complexity index is 928. The fraction of sp³-hybridized carbons (Fsp3) is 0.294. The maximum absolute atomic E-state index is 12.9. The number of rotatable bonds is 9. The second-order valence-corrected chi connectivity index (χ2v) is 8.62. The molecule has 146 valence electrons. The van der Waals surface area contributed by atoms with Gasteiger partial charge in [0.05, 0.1) is 12.3 Å². The SMILES string of the molecule is C=CC(c1cccc(Cl)c1CN)S(=O)(=O)Nc1nc(CCOC(C)=O)cs1. The smallest absolute Gasteiger partial charge is 0.302 e. The van der Waals surface area contributed by atoms with Gasteiger partial charge in [0.2, 0.25) is 10.0 Å². The summed E-state index contributed by atoms with van der Waals surface area (Å²) in [4.78, 5) is 15.0. The van der Waals surface area contributed by atoms with Crippen molar-refractivity contribution >= 4 is 44.1 Å². The number of hydrogen-bond donors (Lipinski definition) is 2. The number of halogens is 1. The van der Waals surface area contributed by atoms with Gasteiger partial charge in [-0.15, -0.1) is 17.9 Å². The van der Waals surface area contributed by atoms with E-state index in [1.165, 1.54) is 13.0 Å². The molecule has 2 rings (SSSR count). The molecule has 1 atom stereocenters. The maximum atomic E-state index is 12.9. The van der Waals surface area contributed by atoms with Crippen molar-refractivity contribution in [2.45, 2.75) is 25.1 Å². The number of esters is 1. The highest BCUT2D eigenvalue weighted by Gasteiger charge is 2.28. The number of aromatic nitrogens is 1. The maximum Gasteiger partial charge on any atom is 0.302 e. The van der Waals surface area contributed by atoms with Crippen LogP contribution in [0, 0.1) is 0 Å². The Morgan fingerprint density at radius 3 is 2.89 bits per heavy atom. The molecule has 1 aromatic heterocycles. The number of benzene rings is 1. The molecule has 7 nitrogen and oxygen atoms in total. The Hall–Kier alpha value is -1.94. The third kappa shape index (κ3) is 5.52. The summed E-state index contributed by atoms with van der Waals surface area (Å²) in [5.41, 5.74) is 7.38. The highest BCUT2D eigenvalue weighted by Crippen LogP contribution is 2.32. The minimum atomic E-state index is -3.87. The average molecular weight is 430 g/mol. The van der Waals surface area contributed by atoms with Crippen molar-refractivity contribution in [3.63, 3.8) is 0 Å². The predicted octanol–water partition coefficient (Wildman–Crippen LogP) is 3.03. The molecule has 0 amide bonds. The van der Waals surface area contributed by atoms with E-state index in [4.69, 9.17) is 22.1 Å². The number of hydrogen-bond acceptors (Lipinski definition) is 7. The molecule has 0 aliphatic heterocycles. The lowest BCUT2D eigenvalue weighted by Crippen LogP contribution is -2.21. The largest absolute Gasteiger partial charge is 0.465 e. The van der Waals surface area contributed by atoms with Gasteiger partial charge in [0.1, 0.15) is 5.25 Å². The standard InChI is InChI=1S/C17H20ClN3O4S2/c1-3-16(13-5-4-6-15(18)14(13)9-19)27(23,24)21-17-20-12(10-26-17)7-8-25-11(2)22/h3-6,10,16H,1,7-9,19H2,2H3,(H,20,21). The van der Waals surface area contributed by atoms with Gasteiger partial charge in [-0.3, -0.25) is 9.52 Å². The number of carbonyl (C=O) groups is 1. The van der Waals surface area contributed by atoms with Crippen LogP contribution in [0.15, 0.2) is 36.2 Å². The molecule has 10 heteroatoms. The van der Waals surface area contributed by atoms with Crippen LogP contribution in [0.1, 0.15) is 29.0 Å². The molecular weight excluding hydrogens is 410 g/mol. The summed E-state index contributed by atoms with van der Waals surface area (Å²) in [5.74, 6) is -0.378. The van der Waals surface area contributed by atoms with Gasteiger partial charge in [-0.05, 0) is 17.2 Å². The van der Waals surface area contributed by atoms with Crippen LogP contribution in [0.2, 0.25) is 5.02 Å². The van der Waals surface area contributed by atoms with E-state index < -0.39 is 15.3 Å². The summed E-state index contributed by atoms with van der Waals surface area (Å²) < 4.78 is 33.0. The van der Waals surface area contributed by atoms with E-state index in [1.807, 2.05) is 0 Å². The quantitative estimate of drug-likeness (QED) is 0.468. The molecular formula is C17H20ClN3O4S2. The average Bonchev–Trinajstić information content (AvgIpc) is 3.01. The summed E-state index contributed by atoms with van der Waals surface area (Å²) in [5, 5.41) is 1.29. The highest BCUT2D eigenvalue weighted by atomic mass is 35.5. The molecule has 0 spiro atoms. The van der Waals surface area contributed by atoms with E-state index in [0.717, 1.165) is 11.3 Å². The molecule has 3 N–H and O–H groups in total. The number of nitrogens with zero attached hydrogens (tertiary/aromatic N) is 1. The van der Waals surface area contributed by atoms with Crippen molar-refractivity contribution in [1.82, 2.24) is 4.98 Å². The molecule has 0 saturated heterocycles. The minimum Gasteiger partial charge on any atom is -0.465 e. The lowest BCUT2D eigenvalue weighted by atomic mass is 10.0. The van der Waals surface area contributed by atoms with E-state index in [1.54, 1.807) is 23.6 Å². The fourth-order valence-electron chi connectivity index (χ4n) is 2.43. The summed E-state index contributed by atoms with van der Waals surface area (Å²) in [6, 6.07) is 4.98. The number of nitrogens with one attached hydrogen (secondary N) is 1. The van der Waals surface area contributed by atoms with Gasteiger partial charge in [0, 0.05) is 30.3 Å². The fourth-order valence-corrected chi connectivity index (χ4v) is 5.04. The topological polar surface area (TPSA) is 111 Å². The number of thiazole rings is 1. The Balaban J connectivity index is 2.20. The Morgan fingerprint density at radius 2 is 2.26 bits per heavy atom. The van der Waals surface area contributed by atoms with E-state index in [-0.39, 0.29) is 24.3 Å². The van der Waals surface area contributed by atoms with Crippen LogP contribution in [-0.4, -0.2) is 26.0 Å². The van der Waals surface area contributed by atoms with Gasteiger partial charge in [0.15, 0.2) is 5.13 Å². The van der Waals surface area contributed by atoms with E-state index in [0.29, 0.717) is 28.3 Å². The predicted molar refractivity (Wildman–Crippen MR) is 107 cm³/mol. The molecule has 0 saturated carbocycles. The molecule has 27 heavy (non-hydrogen) atoms. The third-order valence-corrected chi connectivity index (χ3v) is 6.54. The first-order chi connectivity index (χ1) is 12.8. The van der Waals surface area contributed by atoms with E-state index in [9.17, 15) is 13.2 Å². The number of carbonyl (C=O) groups excluding carboxylic acids is 1. The van der Waals surface area contributed by atoms with Crippen LogP contribution in [0.25, 0.3) is 0 Å². The minimum absolute atomic E-state index is 0.104. The third-order valence-electron chi connectivity index (χ3n) is 3.66. The molecule has 1 aromatic carbocycles. The first-order valence-corrected chi connectivity index (χ1v) is 10.8. The normalized spacial score (nSPS) is 12.4. The van der Waals surface area contributed by atoms with Crippen molar-refractivity contribution in [3.05, 3.63) is 58.1 Å². The molecule has 0 bridgehead atoms. The number of sulfonamides is 1. The summed E-state index contributed by atoms with van der Waals surface area (Å²) in [6.07, 6.45) is 1.72. The second-order valence-electron chi connectivity index (χ2n) is 5.55. The Kier molecular flexibility index (Phi) is 7.37. The zero-order chi connectivity index (χ0) is 20.0. The number of nitrogens with two attached hydrogens (primary N) is 1. The lowest BCUT2D eigenvalue weighted by molar-refractivity contribution is -0.140. The van der Waals surface area contributed by atoms with E-state index in [2.05, 4.69) is 16.3 Å². The second kappa shape index (κ2) is 9.32. The zero-order valence-electron chi connectivity index (χ0n) is 14.6. The van der Waals surface area contributed by atoms with Crippen LogP contribution in [-0.2, 0) is 32.5 Å². The van der Waals surface area contributed by atoms with Crippen molar-refractivity contribution < 1.29 is 17.9 Å². The first kappa shape index (κ1) is 21.4. The number of ether oxygens (including phenoxy) is 1. The molecule has 0 radical (unpaired) electrons. The number of anilines is 1. The highest BCUT2D eigenvalue weighted by molar-refractivity contribution is 7.93. The molecule has 0 aliphatic rings. The van der Waals surface area contributed by atoms with E-state index >= 15 is 0 Å². The van der Waals surface area contributed by atoms with Crippen LogP contribution >= 0.6 is 22.9 Å². The van der Waals surface area contributed by atoms with Crippen molar-refractivity contribution in [2.24, 2.45) is 5.73 Å². The first-order valence-electron chi connectivity index (χ1n) is 7.97. The van der Waals surface area contributed by atoms with Gasteiger partial charge < -0.3 is 10.5 Å². The summed E-state index contributed by atoms with van der Waals surface area (Å²) in [6.45, 7) is 5.25. The Morgan fingerprint density at radius 1 is 1.52 bits per heavy atom.